The van der Waals surface area contributed by atoms with Crippen molar-refractivity contribution in [1.82, 2.24) is 0 Å². The average molecular weight is 393 g/mol. The molecule has 1 saturated carbocycles. The lowest BCUT2D eigenvalue weighted by Crippen LogP contribution is -2.46. The summed E-state index contributed by atoms with van der Waals surface area (Å²) in [5.41, 5.74) is 8.69. The maximum absolute atomic E-state index is 12.8. The first-order valence-corrected chi connectivity index (χ1v) is 11.4. The van der Waals surface area contributed by atoms with E-state index in [2.05, 4.69) is 41.0 Å². The largest absolute Gasteiger partial charge is 0.368 e. The summed E-state index contributed by atoms with van der Waals surface area (Å²) in [4.78, 5) is 5.01. The fourth-order valence-corrected chi connectivity index (χ4v) is 6.00. The second-order valence-corrected chi connectivity index (χ2v) is 9.60. The van der Waals surface area contributed by atoms with Crippen molar-refractivity contribution < 1.29 is 4.39 Å². The molecule has 2 nitrogen and oxygen atoms in total. The van der Waals surface area contributed by atoms with Gasteiger partial charge in [0, 0.05) is 37.6 Å². The minimum Gasteiger partial charge on any atom is -0.368 e. The van der Waals surface area contributed by atoms with Crippen LogP contribution < -0.4 is 9.80 Å². The Morgan fingerprint density at radius 2 is 1.45 bits per heavy atom. The van der Waals surface area contributed by atoms with Crippen molar-refractivity contribution in [3.8, 4) is 0 Å². The Hall–Kier alpha value is -2.03. The van der Waals surface area contributed by atoms with E-state index in [9.17, 15) is 4.39 Å². The normalized spacial score (nSPS) is 20.9. The van der Waals surface area contributed by atoms with Gasteiger partial charge in [0.25, 0.3) is 0 Å². The fourth-order valence-electron chi connectivity index (χ4n) is 6.00. The van der Waals surface area contributed by atoms with Crippen LogP contribution in [-0.2, 0) is 19.5 Å². The van der Waals surface area contributed by atoms with Gasteiger partial charge in [-0.1, -0.05) is 37.5 Å². The highest BCUT2D eigenvalue weighted by Gasteiger charge is 2.38. The summed E-state index contributed by atoms with van der Waals surface area (Å²) in [6, 6.07) is 13.0. The van der Waals surface area contributed by atoms with Gasteiger partial charge in [-0.2, -0.15) is 0 Å². The van der Waals surface area contributed by atoms with Crippen LogP contribution in [0.5, 0.6) is 0 Å². The number of piperazine rings is 1. The molecule has 5 rings (SSSR count). The van der Waals surface area contributed by atoms with Gasteiger partial charge in [-0.15, -0.1) is 0 Å². The predicted octanol–water partition coefficient (Wildman–Crippen LogP) is 5.84. The molecule has 0 amide bonds. The molecule has 1 heterocycles. The van der Waals surface area contributed by atoms with Crippen molar-refractivity contribution in [2.24, 2.45) is 5.41 Å². The predicted molar refractivity (Wildman–Crippen MR) is 120 cm³/mol. The van der Waals surface area contributed by atoms with E-state index in [1.807, 2.05) is 12.1 Å². The summed E-state index contributed by atoms with van der Waals surface area (Å²) in [7, 11) is 0. The first-order valence-electron chi connectivity index (χ1n) is 11.4. The van der Waals surface area contributed by atoms with Crippen LogP contribution in [-0.4, -0.2) is 26.2 Å². The molecule has 3 heteroatoms. The molecule has 0 aromatic heterocycles. The SMILES string of the molecule is Cc1cc2c(cc1N1CCN(c3ccc(CF)cc3)CC1)CC1(CCCCC1)C2. The average Bonchev–Trinajstić information content (AvgIpc) is 3.10. The highest BCUT2D eigenvalue weighted by molar-refractivity contribution is 5.60. The van der Waals surface area contributed by atoms with E-state index < -0.39 is 0 Å². The monoisotopic (exact) mass is 392 g/mol. The van der Waals surface area contributed by atoms with Crippen LogP contribution in [0.3, 0.4) is 0 Å². The molecule has 3 aliphatic rings. The molecule has 154 valence electrons. The van der Waals surface area contributed by atoms with E-state index in [0.29, 0.717) is 5.41 Å². The van der Waals surface area contributed by atoms with Gasteiger partial charge in [-0.05, 0) is 78.5 Å². The zero-order valence-electron chi connectivity index (χ0n) is 17.7. The molecule has 0 atom stereocenters. The van der Waals surface area contributed by atoms with Crippen molar-refractivity contribution in [2.75, 3.05) is 36.0 Å². The van der Waals surface area contributed by atoms with E-state index in [1.165, 1.54) is 61.9 Å². The smallest absolute Gasteiger partial charge is 0.115 e. The highest BCUT2D eigenvalue weighted by Crippen LogP contribution is 2.48. The van der Waals surface area contributed by atoms with E-state index in [0.717, 1.165) is 31.7 Å². The van der Waals surface area contributed by atoms with Gasteiger partial charge < -0.3 is 9.80 Å². The number of hydrogen-bond acceptors (Lipinski definition) is 2. The Balaban J connectivity index is 1.28. The van der Waals surface area contributed by atoms with Crippen molar-refractivity contribution in [2.45, 2.75) is 58.5 Å². The summed E-state index contributed by atoms with van der Waals surface area (Å²) in [5.74, 6) is 0. The molecule has 0 bridgehead atoms. The van der Waals surface area contributed by atoms with E-state index in [-0.39, 0.29) is 6.67 Å². The van der Waals surface area contributed by atoms with E-state index in [4.69, 9.17) is 0 Å². The number of anilines is 2. The second kappa shape index (κ2) is 7.66. The molecule has 0 radical (unpaired) electrons. The minimum atomic E-state index is -0.382. The van der Waals surface area contributed by atoms with Crippen molar-refractivity contribution >= 4 is 11.4 Å². The third-order valence-corrected chi connectivity index (χ3v) is 7.64. The summed E-state index contributed by atoms with van der Waals surface area (Å²) < 4.78 is 12.8. The van der Waals surface area contributed by atoms with Crippen LogP contribution in [0.1, 0.15) is 54.4 Å². The standard InChI is InChI=1S/C26H33FN2/c1-20-15-22-17-26(9-3-2-4-10-26)18-23(22)16-25(20)29-13-11-28(12-14-29)24-7-5-21(19-27)6-8-24/h5-8,15-16H,2-4,9-14,17-19H2,1H3. The van der Waals surface area contributed by atoms with Crippen LogP contribution in [0.4, 0.5) is 15.8 Å². The first kappa shape index (κ1) is 19.0. The van der Waals surface area contributed by atoms with Crippen molar-refractivity contribution in [1.29, 1.82) is 0 Å². The minimum absolute atomic E-state index is 0.382. The Morgan fingerprint density at radius 3 is 2.10 bits per heavy atom. The molecule has 2 aliphatic carbocycles. The Bertz CT molecular complexity index is 859. The molecule has 0 N–H and O–H groups in total. The summed E-state index contributed by atoms with van der Waals surface area (Å²) >= 11 is 0. The van der Waals surface area contributed by atoms with E-state index in [1.54, 1.807) is 11.1 Å². The quantitative estimate of drug-likeness (QED) is 0.647. The third kappa shape index (κ3) is 3.65. The number of aryl methyl sites for hydroxylation is 1. The van der Waals surface area contributed by atoms with Crippen LogP contribution >= 0.6 is 0 Å². The van der Waals surface area contributed by atoms with Gasteiger partial charge in [0.15, 0.2) is 0 Å². The van der Waals surface area contributed by atoms with Crippen molar-refractivity contribution in [3.05, 3.63) is 58.7 Å². The number of halogens is 1. The summed E-state index contributed by atoms with van der Waals surface area (Å²) in [6.07, 6.45) is 9.75. The zero-order valence-corrected chi connectivity index (χ0v) is 17.7. The maximum Gasteiger partial charge on any atom is 0.115 e. The Morgan fingerprint density at radius 1 is 0.828 bits per heavy atom. The van der Waals surface area contributed by atoms with Crippen LogP contribution in [0, 0.1) is 12.3 Å². The topological polar surface area (TPSA) is 6.48 Å². The molecule has 1 spiro atoms. The molecule has 0 unspecified atom stereocenters. The highest BCUT2D eigenvalue weighted by atomic mass is 19.1. The van der Waals surface area contributed by atoms with Gasteiger partial charge in [0.1, 0.15) is 6.67 Å². The van der Waals surface area contributed by atoms with Crippen molar-refractivity contribution in [3.63, 3.8) is 0 Å². The fraction of sp³-hybridized carbons (Fsp3) is 0.538. The molecular formula is C26H33FN2. The second-order valence-electron chi connectivity index (χ2n) is 9.60. The molecule has 1 aliphatic heterocycles. The van der Waals surface area contributed by atoms with Crippen LogP contribution in [0.2, 0.25) is 0 Å². The zero-order chi connectivity index (χ0) is 19.8. The van der Waals surface area contributed by atoms with Gasteiger partial charge in [-0.3, -0.25) is 0 Å². The Kier molecular flexibility index (Phi) is 5.01. The third-order valence-electron chi connectivity index (χ3n) is 7.64. The summed E-state index contributed by atoms with van der Waals surface area (Å²) in [6.45, 7) is 6.06. The molecular weight excluding hydrogens is 359 g/mol. The lowest BCUT2D eigenvalue weighted by atomic mass is 9.72. The lowest BCUT2D eigenvalue weighted by molar-refractivity contribution is 0.203. The van der Waals surface area contributed by atoms with Gasteiger partial charge >= 0.3 is 0 Å². The summed E-state index contributed by atoms with van der Waals surface area (Å²) in [5, 5.41) is 0. The Labute approximate surface area is 174 Å². The molecule has 1 saturated heterocycles. The van der Waals surface area contributed by atoms with E-state index >= 15 is 0 Å². The van der Waals surface area contributed by atoms with Gasteiger partial charge in [-0.25, -0.2) is 4.39 Å². The number of fused-ring (bicyclic) bond motifs is 1. The number of benzene rings is 2. The maximum atomic E-state index is 12.8. The molecule has 2 aromatic rings. The molecule has 29 heavy (non-hydrogen) atoms. The number of alkyl halides is 1. The number of nitrogens with zero attached hydrogens (tertiary/aromatic N) is 2. The van der Waals surface area contributed by atoms with Crippen LogP contribution in [0.15, 0.2) is 36.4 Å². The lowest BCUT2D eigenvalue weighted by Gasteiger charge is -2.38. The van der Waals surface area contributed by atoms with Gasteiger partial charge in [0.2, 0.25) is 0 Å². The first-order chi connectivity index (χ1) is 14.2. The number of rotatable bonds is 3. The van der Waals surface area contributed by atoms with Crippen LogP contribution in [0.25, 0.3) is 0 Å². The molecule has 2 aromatic carbocycles. The molecule has 2 fully saturated rings. The van der Waals surface area contributed by atoms with Gasteiger partial charge in [0.05, 0.1) is 0 Å². The number of hydrogen-bond donors (Lipinski definition) is 0.